The maximum absolute atomic E-state index is 11.9. The van der Waals surface area contributed by atoms with E-state index in [2.05, 4.69) is 11.9 Å². The van der Waals surface area contributed by atoms with E-state index in [0.29, 0.717) is 31.6 Å². The van der Waals surface area contributed by atoms with Gasteiger partial charge in [0.15, 0.2) is 0 Å². The normalized spacial score (nSPS) is 14.5. The smallest absolute Gasteiger partial charge is 0.409 e. The topological polar surface area (TPSA) is 62.7 Å². The van der Waals surface area contributed by atoms with Crippen LogP contribution in [0.3, 0.4) is 0 Å². The molecule has 1 aromatic heterocycles. The van der Waals surface area contributed by atoms with Crippen LogP contribution in [0.5, 0.6) is 5.75 Å². The molecular formula is C17H20N2O3. The second-order valence-corrected chi connectivity index (χ2v) is 5.52. The molecule has 0 unspecified atom stereocenters. The number of aromatic hydroxyl groups is 1. The second kappa shape index (κ2) is 5.83. The number of hydrogen-bond acceptors (Lipinski definition) is 4. The number of phenols is 1. The summed E-state index contributed by atoms with van der Waals surface area (Å²) in [5.74, 6) is 0.204. The minimum atomic E-state index is -0.264. The van der Waals surface area contributed by atoms with E-state index in [-0.39, 0.29) is 11.8 Å². The zero-order chi connectivity index (χ0) is 15.7. The van der Waals surface area contributed by atoms with Gasteiger partial charge in [-0.15, -0.1) is 0 Å². The summed E-state index contributed by atoms with van der Waals surface area (Å²) in [5.41, 5.74) is 3.94. The Morgan fingerprint density at radius 2 is 2.14 bits per heavy atom. The van der Waals surface area contributed by atoms with E-state index in [1.54, 1.807) is 11.0 Å². The Labute approximate surface area is 129 Å². The zero-order valence-electron chi connectivity index (χ0n) is 12.9. The van der Waals surface area contributed by atoms with E-state index in [4.69, 9.17) is 4.74 Å². The van der Waals surface area contributed by atoms with Gasteiger partial charge in [-0.3, -0.25) is 0 Å². The van der Waals surface area contributed by atoms with E-state index in [1.807, 2.05) is 19.1 Å². The Bertz CT molecular complexity index is 727. The molecule has 1 aliphatic rings. The van der Waals surface area contributed by atoms with Crippen LogP contribution in [0, 0.1) is 6.92 Å². The molecule has 1 amide bonds. The Morgan fingerprint density at radius 3 is 2.91 bits per heavy atom. The molecule has 0 radical (unpaired) electrons. The lowest BCUT2D eigenvalue weighted by molar-refractivity contribution is 0.109. The summed E-state index contributed by atoms with van der Waals surface area (Å²) in [6.07, 6.45) is 1.18. The Balaban J connectivity index is 1.99. The van der Waals surface area contributed by atoms with E-state index < -0.39 is 0 Å². The van der Waals surface area contributed by atoms with E-state index in [0.717, 1.165) is 23.1 Å². The Hall–Kier alpha value is -2.30. The van der Waals surface area contributed by atoms with Crippen molar-refractivity contribution in [3.05, 3.63) is 35.0 Å². The molecule has 116 valence electrons. The number of ether oxygens (including phenoxy) is 1. The fraction of sp³-hybridized carbons (Fsp3) is 0.412. The molecule has 0 saturated carbocycles. The first-order valence-electron chi connectivity index (χ1n) is 7.63. The highest BCUT2D eigenvalue weighted by Gasteiger charge is 2.22. The van der Waals surface area contributed by atoms with Crippen LogP contribution in [0.4, 0.5) is 4.79 Å². The van der Waals surface area contributed by atoms with Crippen LogP contribution in [0.25, 0.3) is 10.9 Å². The molecule has 1 N–H and O–H groups in total. The number of pyridine rings is 1. The number of amides is 1. The van der Waals surface area contributed by atoms with Gasteiger partial charge in [0, 0.05) is 30.6 Å². The lowest BCUT2D eigenvalue weighted by atomic mass is 9.98. The third kappa shape index (κ3) is 2.47. The van der Waals surface area contributed by atoms with Gasteiger partial charge in [-0.2, -0.15) is 0 Å². The van der Waals surface area contributed by atoms with Crippen molar-refractivity contribution in [3.8, 4) is 5.75 Å². The minimum absolute atomic E-state index is 0.204. The van der Waals surface area contributed by atoms with Crippen molar-refractivity contribution in [2.45, 2.75) is 26.7 Å². The van der Waals surface area contributed by atoms with Crippen LogP contribution in [-0.2, 0) is 17.6 Å². The van der Waals surface area contributed by atoms with Gasteiger partial charge in [0.1, 0.15) is 11.3 Å². The summed E-state index contributed by atoms with van der Waals surface area (Å²) in [7, 11) is 0. The number of para-hydroxylation sites is 1. The lowest BCUT2D eigenvalue weighted by Crippen LogP contribution is -2.33. The van der Waals surface area contributed by atoms with Crippen LogP contribution in [0.15, 0.2) is 18.2 Å². The first-order valence-corrected chi connectivity index (χ1v) is 7.63. The zero-order valence-corrected chi connectivity index (χ0v) is 12.9. The van der Waals surface area contributed by atoms with Crippen molar-refractivity contribution < 1.29 is 14.6 Å². The van der Waals surface area contributed by atoms with E-state index in [1.165, 1.54) is 5.56 Å². The summed E-state index contributed by atoms with van der Waals surface area (Å²) in [6, 6.07) is 5.47. The van der Waals surface area contributed by atoms with Crippen molar-refractivity contribution in [1.82, 2.24) is 9.88 Å². The highest BCUT2D eigenvalue weighted by Crippen LogP contribution is 2.30. The van der Waals surface area contributed by atoms with Crippen LogP contribution >= 0.6 is 0 Å². The molecule has 1 aliphatic heterocycles. The average Bonchev–Trinajstić information content (AvgIpc) is 2.72. The van der Waals surface area contributed by atoms with Crippen LogP contribution in [0.1, 0.15) is 23.7 Å². The number of hydrogen-bond donors (Lipinski definition) is 1. The lowest BCUT2D eigenvalue weighted by Gasteiger charge is -2.18. The van der Waals surface area contributed by atoms with E-state index in [9.17, 15) is 9.90 Å². The van der Waals surface area contributed by atoms with Crippen LogP contribution in [0.2, 0.25) is 0 Å². The quantitative estimate of drug-likeness (QED) is 0.879. The van der Waals surface area contributed by atoms with Gasteiger partial charge in [-0.05, 0) is 37.5 Å². The van der Waals surface area contributed by atoms with Crippen LogP contribution in [-0.4, -0.2) is 40.8 Å². The molecular weight excluding hydrogens is 280 g/mol. The number of carbonyl (C=O) groups excluding carboxylic acids is 1. The van der Waals surface area contributed by atoms with Gasteiger partial charge in [0.25, 0.3) is 0 Å². The number of phenolic OH excluding ortho intramolecular Hbond substituents is 1. The first kappa shape index (κ1) is 14.6. The summed E-state index contributed by atoms with van der Waals surface area (Å²) < 4.78 is 5.09. The predicted octanol–water partition coefficient (Wildman–Crippen LogP) is 2.81. The molecule has 0 atom stereocenters. The summed E-state index contributed by atoms with van der Waals surface area (Å²) in [5, 5.41) is 11.0. The van der Waals surface area contributed by atoms with Crippen molar-refractivity contribution in [3.63, 3.8) is 0 Å². The average molecular weight is 300 g/mol. The van der Waals surface area contributed by atoms with Gasteiger partial charge in [0.2, 0.25) is 0 Å². The predicted molar refractivity (Wildman–Crippen MR) is 84.1 cm³/mol. The molecule has 0 aliphatic carbocycles. The second-order valence-electron chi connectivity index (χ2n) is 5.52. The van der Waals surface area contributed by atoms with E-state index >= 15 is 0 Å². The fourth-order valence-corrected chi connectivity index (χ4v) is 3.07. The van der Waals surface area contributed by atoms with Crippen molar-refractivity contribution in [1.29, 1.82) is 0 Å². The molecule has 0 bridgehead atoms. The molecule has 2 aromatic rings. The molecule has 3 rings (SSSR count). The number of nitrogens with zero attached hydrogens (tertiary/aromatic N) is 2. The van der Waals surface area contributed by atoms with Gasteiger partial charge in [0.05, 0.1) is 6.61 Å². The Morgan fingerprint density at radius 1 is 1.36 bits per heavy atom. The monoisotopic (exact) mass is 300 g/mol. The van der Waals surface area contributed by atoms with Gasteiger partial charge >= 0.3 is 6.09 Å². The maximum Gasteiger partial charge on any atom is 0.409 e. The van der Waals surface area contributed by atoms with Crippen molar-refractivity contribution in [2.75, 3.05) is 19.7 Å². The molecule has 1 aromatic carbocycles. The Kier molecular flexibility index (Phi) is 3.88. The van der Waals surface area contributed by atoms with Crippen LogP contribution < -0.4 is 0 Å². The summed E-state index contributed by atoms with van der Waals surface area (Å²) in [4.78, 5) is 18.3. The minimum Gasteiger partial charge on any atom is -0.506 e. The maximum atomic E-state index is 11.9. The molecule has 5 heteroatoms. The molecule has 0 spiro atoms. The first-order chi connectivity index (χ1) is 10.6. The largest absolute Gasteiger partial charge is 0.506 e. The third-order valence-corrected chi connectivity index (χ3v) is 4.24. The molecule has 5 nitrogen and oxygen atoms in total. The molecule has 22 heavy (non-hydrogen) atoms. The standard InChI is InChI=1S/C17H20N2O3/c1-3-22-17(21)19-9-7-12-11(2)13-5-4-6-15(20)16(13)18-14(12)8-10-19/h4-6,20H,3,7-10H2,1-2H3. The number of rotatable bonds is 1. The van der Waals surface area contributed by atoms with Crippen molar-refractivity contribution >= 4 is 17.0 Å². The summed E-state index contributed by atoms with van der Waals surface area (Å²) >= 11 is 0. The van der Waals surface area contributed by atoms with Gasteiger partial charge < -0.3 is 14.7 Å². The highest BCUT2D eigenvalue weighted by atomic mass is 16.6. The number of carbonyl (C=O) groups is 1. The SMILES string of the molecule is CCOC(=O)N1CCc2nc3c(O)cccc3c(C)c2CC1. The number of aromatic nitrogens is 1. The number of aryl methyl sites for hydroxylation is 1. The number of benzene rings is 1. The highest BCUT2D eigenvalue weighted by molar-refractivity contribution is 5.88. The third-order valence-electron chi connectivity index (χ3n) is 4.24. The summed E-state index contributed by atoms with van der Waals surface area (Å²) in [6.45, 7) is 5.49. The molecule has 0 fully saturated rings. The fourth-order valence-electron chi connectivity index (χ4n) is 3.07. The van der Waals surface area contributed by atoms with Gasteiger partial charge in [-0.1, -0.05) is 12.1 Å². The molecule has 2 heterocycles. The molecule has 0 saturated heterocycles. The number of fused-ring (bicyclic) bond motifs is 2. The van der Waals surface area contributed by atoms with Gasteiger partial charge in [-0.25, -0.2) is 9.78 Å². The van der Waals surface area contributed by atoms with Crippen molar-refractivity contribution in [2.24, 2.45) is 0 Å².